The first-order valence-corrected chi connectivity index (χ1v) is 7.56. The van der Waals surface area contributed by atoms with E-state index in [2.05, 4.69) is 26.1 Å². The number of hydrogen-bond acceptors (Lipinski definition) is 2. The molecule has 1 rings (SSSR count). The Morgan fingerprint density at radius 3 is 2.28 bits per heavy atom. The second-order valence-electron chi connectivity index (χ2n) is 5.74. The highest BCUT2D eigenvalue weighted by Gasteiger charge is 2.42. The van der Waals surface area contributed by atoms with Crippen LogP contribution in [-0.2, 0) is 4.79 Å². The van der Waals surface area contributed by atoms with Crippen molar-refractivity contribution in [2.45, 2.75) is 71.8 Å². The van der Waals surface area contributed by atoms with Crippen molar-refractivity contribution in [1.82, 2.24) is 5.32 Å². The molecule has 1 unspecified atom stereocenters. The maximum Gasteiger partial charge on any atom is 0.226 e. The number of nitrogens with one attached hydrogen (secondary N) is 1. The lowest BCUT2D eigenvalue weighted by Gasteiger charge is -2.40. The summed E-state index contributed by atoms with van der Waals surface area (Å²) in [5, 5.41) is 13.0. The van der Waals surface area contributed by atoms with Crippen LogP contribution in [-0.4, -0.2) is 23.7 Å². The van der Waals surface area contributed by atoms with Crippen molar-refractivity contribution in [3.05, 3.63) is 0 Å². The van der Waals surface area contributed by atoms with Crippen LogP contribution in [0.4, 0.5) is 0 Å². The van der Waals surface area contributed by atoms with Crippen LogP contribution in [0.15, 0.2) is 0 Å². The standard InChI is InChI=1S/C15H29NO2/c1-4-8-15(9-7-10-15)14(18)16-11-13(17)12(5-2)6-3/h12-13,17H,4-11H2,1-3H3,(H,16,18). The van der Waals surface area contributed by atoms with Crippen molar-refractivity contribution in [2.75, 3.05) is 6.54 Å². The van der Waals surface area contributed by atoms with E-state index in [9.17, 15) is 9.90 Å². The van der Waals surface area contributed by atoms with Crippen molar-refractivity contribution in [3.63, 3.8) is 0 Å². The lowest BCUT2D eigenvalue weighted by Crippen LogP contribution is -2.48. The molecule has 2 N–H and O–H groups in total. The molecule has 3 heteroatoms. The first-order valence-electron chi connectivity index (χ1n) is 7.56. The molecule has 0 aliphatic heterocycles. The van der Waals surface area contributed by atoms with Gasteiger partial charge in [0.25, 0.3) is 0 Å². The molecule has 0 aromatic rings. The Labute approximate surface area is 111 Å². The van der Waals surface area contributed by atoms with E-state index in [1.54, 1.807) is 0 Å². The number of rotatable bonds is 8. The van der Waals surface area contributed by atoms with Crippen LogP contribution in [0.2, 0.25) is 0 Å². The third kappa shape index (κ3) is 3.47. The first kappa shape index (κ1) is 15.5. The average Bonchev–Trinajstić information content (AvgIpc) is 2.32. The molecule has 1 atom stereocenters. The molecule has 3 nitrogen and oxygen atoms in total. The molecule has 0 bridgehead atoms. The van der Waals surface area contributed by atoms with E-state index in [1.807, 2.05) is 0 Å². The van der Waals surface area contributed by atoms with Gasteiger partial charge < -0.3 is 10.4 Å². The molecule has 0 radical (unpaired) electrons. The minimum Gasteiger partial charge on any atom is -0.391 e. The van der Waals surface area contributed by atoms with Gasteiger partial charge in [-0.2, -0.15) is 0 Å². The molecule has 1 fully saturated rings. The highest BCUT2D eigenvalue weighted by Crippen LogP contribution is 2.44. The Morgan fingerprint density at radius 1 is 1.28 bits per heavy atom. The molecule has 1 amide bonds. The van der Waals surface area contributed by atoms with Crippen LogP contribution in [0.3, 0.4) is 0 Å². The molecule has 1 aliphatic carbocycles. The molecule has 0 aromatic carbocycles. The zero-order valence-corrected chi connectivity index (χ0v) is 12.2. The lowest BCUT2D eigenvalue weighted by molar-refractivity contribution is -0.137. The summed E-state index contributed by atoms with van der Waals surface area (Å²) in [6.45, 7) is 6.72. The quantitative estimate of drug-likeness (QED) is 0.700. The summed E-state index contributed by atoms with van der Waals surface area (Å²) in [5.41, 5.74) is -0.109. The second-order valence-corrected chi connectivity index (χ2v) is 5.74. The van der Waals surface area contributed by atoms with Crippen LogP contribution >= 0.6 is 0 Å². The van der Waals surface area contributed by atoms with Gasteiger partial charge in [0.2, 0.25) is 5.91 Å². The number of hydrogen-bond donors (Lipinski definition) is 2. The molecular formula is C15H29NO2. The normalized spacial score (nSPS) is 19.4. The Balaban J connectivity index is 2.40. The van der Waals surface area contributed by atoms with Gasteiger partial charge in [-0.15, -0.1) is 0 Å². The van der Waals surface area contributed by atoms with E-state index < -0.39 is 6.10 Å². The number of carbonyl (C=O) groups is 1. The van der Waals surface area contributed by atoms with Gasteiger partial charge in [-0.1, -0.05) is 46.5 Å². The van der Waals surface area contributed by atoms with Crippen LogP contribution in [0, 0.1) is 11.3 Å². The maximum atomic E-state index is 12.2. The molecular weight excluding hydrogens is 226 g/mol. The summed E-state index contributed by atoms with van der Waals surface area (Å²) in [5.74, 6) is 0.467. The van der Waals surface area contributed by atoms with Gasteiger partial charge in [0.15, 0.2) is 0 Å². The molecule has 0 saturated heterocycles. The van der Waals surface area contributed by atoms with E-state index in [0.29, 0.717) is 12.5 Å². The van der Waals surface area contributed by atoms with Crippen molar-refractivity contribution in [3.8, 4) is 0 Å². The fraction of sp³-hybridized carbons (Fsp3) is 0.933. The summed E-state index contributed by atoms with van der Waals surface area (Å²) >= 11 is 0. The summed E-state index contributed by atoms with van der Waals surface area (Å²) < 4.78 is 0. The Hall–Kier alpha value is -0.570. The fourth-order valence-corrected chi connectivity index (χ4v) is 3.06. The third-order valence-electron chi connectivity index (χ3n) is 4.59. The summed E-state index contributed by atoms with van der Waals surface area (Å²) in [6.07, 6.45) is 6.79. The molecule has 1 saturated carbocycles. The average molecular weight is 255 g/mol. The number of aliphatic hydroxyl groups excluding tert-OH is 1. The molecule has 0 spiro atoms. The van der Waals surface area contributed by atoms with Gasteiger partial charge in [0.1, 0.15) is 0 Å². The summed E-state index contributed by atoms with van der Waals surface area (Å²) in [6, 6.07) is 0. The van der Waals surface area contributed by atoms with Gasteiger partial charge in [0.05, 0.1) is 6.10 Å². The van der Waals surface area contributed by atoms with Crippen LogP contribution in [0.5, 0.6) is 0 Å². The largest absolute Gasteiger partial charge is 0.391 e. The minimum atomic E-state index is -0.400. The molecule has 18 heavy (non-hydrogen) atoms. The van der Waals surface area contributed by atoms with E-state index >= 15 is 0 Å². The predicted octanol–water partition coefficient (Wildman–Crippen LogP) is 2.87. The predicted molar refractivity (Wildman–Crippen MR) is 74.3 cm³/mol. The van der Waals surface area contributed by atoms with Gasteiger partial charge >= 0.3 is 0 Å². The Bertz CT molecular complexity index is 257. The third-order valence-corrected chi connectivity index (χ3v) is 4.59. The summed E-state index contributed by atoms with van der Waals surface area (Å²) in [4.78, 5) is 12.2. The van der Waals surface area contributed by atoms with Gasteiger partial charge in [-0.05, 0) is 25.2 Å². The number of amides is 1. The highest BCUT2D eigenvalue weighted by molar-refractivity contribution is 5.83. The number of carbonyl (C=O) groups excluding carboxylic acids is 1. The zero-order valence-electron chi connectivity index (χ0n) is 12.2. The summed E-state index contributed by atoms with van der Waals surface area (Å²) in [7, 11) is 0. The molecule has 106 valence electrons. The van der Waals surface area contributed by atoms with Crippen LogP contribution < -0.4 is 5.32 Å². The van der Waals surface area contributed by atoms with E-state index in [4.69, 9.17) is 0 Å². The Kier molecular flexibility index (Phi) is 6.13. The lowest BCUT2D eigenvalue weighted by atomic mass is 9.65. The second kappa shape index (κ2) is 7.13. The van der Waals surface area contributed by atoms with Gasteiger partial charge in [-0.3, -0.25) is 4.79 Å². The first-order chi connectivity index (χ1) is 8.59. The topological polar surface area (TPSA) is 49.3 Å². The van der Waals surface area contributed by atoms with Gasteiger partial charge in [0, 0.05) is 12.0 Å². The minimum absolute atomic E-state index is 0.109. The zero-order chi connectivity index (χ0) is 13.6. The molecule has 1 aliphatic rings. The van der Waals surface area contributed by atoms with E-state index in [1.165, 1.54) is 6.42 Å². The van der Waals surface area contributed by atoms with Crippen molar-refractivity contribution in [2.24, 2.45) is 11.3 Å². The fourth-order valence-electron chi connectivity index (χ4n) is 3.06. The van der Waals surface area contributed by atoms with E-state index in [0.717, 1.165) is 38.5 Å². The highest BCUT2D eigenvalue weighted by atomic mass is 16.3. The smallest absolute Gasteiger partial charge is 0.226 e. The van der Waals surface area contributed by atoms with E-state index in [-0.39, 0.29) is 11.3 Å². The molecule has 0 aromatic heterocycles. The van der Waals surface area contributed by atoms with Crippen molar-refractivity contribution >= 4 is 5.91 Å². The van der Waals surface area contributed by atoms with Crippen molar-refractivity contribution in [1.29, 1.82) is 0 Å². The Morgan fingerprint density at radius 2 is 1.89 bits per heavy atom. The maximum absolute atomic E-state index is 12.2. The monoisotopic (exact) mass is 255 g/mol. The van der Waals surface area contributed by atoms with Crippen LogP contribution in [0.25, 0.3) is 0 Å². The number of aliphatic hydroxyl groups is 1. The van der Waals surface area contributed by atoms with Crippen molar-refractivity contribution < 1.29 is 9.90 Å². The van der Waals surface area contributed by atoms with Gasteiger partial charge in [-0.25, -0.2) is 0 Å². The molecule has 0 heterocycles. The van der Waals surface area contributed by atoms with Crippen LogP contribution in [0.1, 0.15) is 65.7 Å². The SMILES string of the molecule is CCCC1(C(=O)NCC(O)C(CC)CC)CCC1.